The van der Waals surface area contributed by atoms with Crippen molar-refractivity contribution < 1.29 is 4.74 Å². The summed E-state index contributed by atoms with van der Waals surface area (Å²) >= 11 is 0. The van der Waals surface area contributed by atoms with Crippen LogP contribution in [0.4, 0.5) is 5.69 Å². The van der Waals surface area contributed by atoms with Crippen molar-refractivity contribution in [2.45, 2.75) is 12.8 Å². The van der Waals surface area contributed by atoms with Crippen LogP contribution in [0, 0.1) is 0 Å². The Balaban J connectivity index is 1.95. The third-order valence-electron chi connectivity index (χ3n) is 2.84. The highest BCUT2D eigenvalue weighted by Gasteiger charge is 1.97. The first-order valence-corrected chi connectivity index (χ1v) is 5.75. The lowest BCUT2D eigenvalue weighted by atomic mass is 10.0. The van der Waals surface area contributed by atoms with Crippen molar-refractivity contribution >= 4 is 5.69 Å². The maximum Gasteiger partial charge on any atom is 0.118 e. The molecule has 0 heterocycles. The first-order valence-electron chi connectivity index (χ1n) is 5.75. The second kappa shape index (κ2) is 5.39. The van der Waals surface area contributed by atoms with E-state index in [0.29, 0.717) is 0 Å². The van der Waals surface area contributed by atoms with E-state index in [9.17, 15) is 0 Å². The number of rotatable bonds is 4. The summed E-state index contributed by atoms with van der Waals surface area (Å²) in [7, 11) is 1.68. The van der Waals surface area contributed by atoms with Crippen LogP contribution in [0.25, 0.3) is 0 Å². The molecule has 0 aliphatic carbocycles. The second-order valence-corrected chi connectivity index (χ2v) is 4.09. The summed E-state index contributed by atoms with van der Waals surface area (Å²) in [6.45, 7) is 0. The van der Waals surface area contributed by atoms with Crippen LogP contribution in [-0.2, 0) is 12.8 Å². The van der Waals surface area contributed by atoms with Gasteiger partial charge in [0.25, 0.3) is 0 Å². The van der Waals surface area contributed by atoms with Crippen LogP contribution >= 0.6 is 0 Å². The minimum absolute atomic E-state index is 0.818. The molecular weight excluding hydrogens is 210 g/mol. The summed E-state index contributed by atoms with van der Waals surface area (Å²) in [4.78, 5) is 0. The van der Waals surface area contributed by atoms with Crippen molar-refractivity contribution in [3.05, 3.63) is 59.7 Å². The van der Waals surface area contributed by atoms with Gasteiger partial charge in [-0.15, -0.1) is 0 Å². The number of nitrogens with two attached hydrogens (primary N) is 1. The van der Waals surface area contributed by atoms with Gasteiger partial charge in [-0.05, 0) is 48.2 Å². The fourth-order valence-corrected chi connectivity index (χ4v) is 1.77. The lowest BCUT2D eigenvalue weighted by Gasteiger charge is -2.04. The van der Waals surface area contributed by atoms with Crippen LogP contribution in [0.1, 0.15) is 11.1 Å². The first-order chi connectivity index (χ1) is 8.28. The van der Waals surface area contributed by atoms with Crippen LogP contribution < -0.4 is 10.5 Å². The Morgan fingerprint density at radius 3 is 1.76 bits per heavy atom. The molecule has 2 N–H and O–H groups in total. The molecule has 0 atom stereocenters. The molecule has 0 aromatic heterocycles. The number of benzene rings is 2. The fourth-order valence-electron chi connectivity index (χ4n) is 1.77. The van der Waals surface area contributed by atoms with Gasteiger partial charge in [0.1, 0.15) is 5.75 Å². The van der Waals surface area contributed by atoms with Gasteiger partial charge >= 0.3 is 0 Å². The molecule has 0 spiro atoms. The Kier molecular flexibility index (Phi) is 3.66. The van der Waals surface area contributed by atoms with E-state index < -0.39 is 0 Å². The Labute approximate surface area is 102 Å². The Hall–Kier alpha value is -1.96. The zero-order valence-corrected chi connectivity index (χ0v) is 10.0. The van der Waals surface area contributed by atoms with Gasteiger partial charge < -0.3 is 10.5 Å². The third kappa shape index (κ3) is 3.25. The van der Waals surface area contributed by atoms with Crippen LogP contribution in [0.5, 0.6) is 5.75 Å². The molecule has 0 aliphatic rings. The Bertz CT molecular complexity index is 459. The first kappa shape index (κ1) is 11.5. The van der Waals surface area contributed by atoms with Gasteiger partial charge in [0, 0.05) is 5.69 Å². The number of hydrogen-bond donors (Lipinski definition) is 1. The molecular formula is C15H17NO. The maximum atomic E-state index is 5.65. The van der Waals surface area contributed by atoms with Crippen LogP contribution in [0.2, 0.25) is 0 Å². The van der Waals surface area contributed by atoms with Crippen LogP contribution in [-0.4, -0.2) is 7.11 Å². The van der Waals surface area contributed by atoms with Crippen molar-refractivity contribution in [3.8, 4) is 5.75 Å². The van der Waals surface area contributed by atoms with E-state index in [2.05, 4.69) is 24.3 Å². The third-order valence-corrected chi connectivity index (χ3v) is 2.84. The van der Waals surface area contributed by atoms with Crippen LogP contribution in [0.15, 0.2) is 48.5 Å². The predicted octanol–water partition coefficient (Wildman–Crippen LogP) is 3.06. The molecule has 2 nitrogen and oxygen atoms in total. The molecule has 0 unspecified atom stereocenters. The zero-order chi connectivity index (χ0) is 12.1. The molecule has 17 heavy (non-hydrogen) atoms. The van der Waals surface area contributed by atoms with E-state index in [1.807, 2.05) is 24.3 Å². The largest absolute Gasteiger partial charge is 0.497 e. The topological polar surface area (TPSA) is 35.2 Å². The Morgan fingerprint density at radius 1 is 0.824 bits per heavy atom. The number of anilines is 1. The molecule has 0 amide bonds. The van der Waals surface area contributed by atoms with Gasteiger partial charge in [0.05, 0.1) is 7.11 Å². The lowest BCUT2D eigenvalue weighted by molar-refractivity contribution is 0.414. The minimum atomic E-state index is 0.818. The summed E-state index contributed by atoms with van der Waals surface area (Å²) in [5, 5.41) is 0. The van der Waals surface area contributed by atoms with Crippen molar-refractivity contribution in [1.82, 2.24) is 0 Å². The molecule has 0 fully saturated rings. The number of aryl methyl sites for hydroxylation is 2. The van der Waals surface area contributed by atoms with Crippen molar-refractivity contribution in [3.63, 3.8) is 0 Å². The SMILES string of the molecule is COc1ccc(CCc2ccc(N)cc2)cc1. The standard InChI is InChI=1S/C15H17NO/c1-17-15-10-6-13(7-11-15)3-2-12-4-8-14(16)9-5-12/h4-11H,2-3,16H2,1H3. The molecule has 0 saturated carbocycles. The number of nitrogen functional groups attached to an aromatic ring is 1. The van der Waals surface area contributed by atoms with E-state index in [-0.39, 0.29) is 0 Å². The van der Waals surface area contributed by atoms with Crippen molar-refractivity contribution in [1.29, 1.82) is 0 Å². The quantitative estimate of drug-likeness (QED) is 0.815. The predicted molar refractivity (Wildman–Crippen MR) is 71.3 cm³/mol. The van der Waals surface area contributed by atoms with Gasteiger partial charge in [-0.1, -0.05) is 24.3 Å². The van der Waals surface area contributed by atoms with Gasteiger partial charge in [-0.25, -0.2) is 0 Å². The molecule has 2 heteroatoms. The summed E-state index contributed by atoms with van der Waals surface area (Å²) in [6.07, 6.45) is 2.07. The van der Waals surface area contributed by atoms with E-state index >= 15 is 0 Å². The second-order valence-electron chi connectivity index (χ2n) is 4.09. The van der Waals surface area contributed by atoms with Gasteiger partial charge in [-0.2, -0.15) is 0 Å². The number of ether oxygens (including phenoxy) is 1. The average Bonchev–Trinajstić information content (AvgIpc) is 2.39. The lowest BCUT2D eigenvalue weighted by Crippen LogP contribution is -1.92. The van der Waals surface area contributed by atoms with Crippen molar-refractivity contribution in [2.24, 2.45) is 0 Å². The summed E-state index contributed by atoms with van der Waals surface area (Å²) in [5.74, 6) is 0.904. The van der Waals surface area contributed by atoms with E-state index in [0.717, 1.165) is 24.3 Å². The minimum Gasteiger partial charge on any atom is -0.497 e. The summed E-state index contributed by atoms with van der Waals surface area (Å²) in [6, 6.07) is 16.3. The molecule has 0 radical (unpaired) electrons. The monoisotopic (exact) mass is 227 g/mol. The Morgan fingerprint density at radius 2 is 1.29 bits per heavy atom. The van der Waals surface area contributed by atoms with Gasteiger partial charge in [0.2, 0.25) is 0 Å². The highest BCUT2D eigenvalue weighted by Crippen LogP contribution is 2.14. The average molecular weight is 227 g/mol. The molecule has 0 bridgehead atoms. The van der Waals surface area contributed by atoms with Crippen LogP contribution in [0.3, 0.4) is 0 Å². The van der Waals surface area contributed by atoms with E-state index in [1.165, 1.54) is 11.1 Å². The number of methoxy groups -OCH3 is 1. The molecule has 88 valence electrons. The van der Waals surface area contributed by atoms with Gasteiger partial charge in [-0.3, -0.25) is 0 Å². The summed E-state index contributed by atoms with van der Waals surface area (Å²) < 4.78 is 5.13. The number of hydrogen-bond acceptors (Lipinski definition) is 2. The fraction of sp³-hybridized carbons (Fsp3) is 0.200. The molecule has 2 aromatic carbocycles. The maximum absolute atomic E-state index is 5.65. The highest BCUT2D eigenvalue weighted by molar-refractivity contribution is 5.39. The zero-order valence-electron chi connectivity index (χ0n) is 10.0. The molecule has 2 aromatic rings. The van der Waals surface area contributed by atoms with E-state index in [4.69, 9.17) is 10.5 Å². The molecule has 2 rings (SSSR count). The smallest absolute Gasteiger partial charge is 0.118 e. The molecule has 0 saturated heterocycles. The summed E-state index contributed by atoms with van der Waals surface area (Å²) in [5.41, 5.74) is 9.11. The van der Waals surface area contributed by atoms with E-state index in [1.54, 1.807) is 7.11 Å². The molecule has 0 aliphatic heterocycles. The van der Waals surface area contributed by atoms with Gasteiger partial charge in [0.15, 0.2) is 0 Å². The normalized spacial score (nSPS) is 10.2. The van der Waals surface area contributed by atoms with Crippen molar-refractivity contribution in [2.75, 3.05) is 12.8 Å². The highest BCUT2D eigenvalue weighted by atomic mass is 16.5.